The summed E-state index contributed by atoms with van der Waals surface area (Å²) in [7, 11) is 0. The standard InChI is InChI=1S/C14H18N2O4/c15-14(5-2-6-14)8-12(17)16-10-3-1-4-11(7-10)20-9-13(18)19/h1,3-4,7H,2,5-6,8-9,15H2,(H,16,17)(H,18,19). The molecule has 1 aliphatic rings. The van der Waals surface area contributed by atoms with E-state index in [1.807, 2.05) is 0 Å². The number of carboxylic acids is 1. The number of carbonyl (C=O) groups is 2. The van der Waals surface area contributed by atoms with Crippen molar-refractivity contribution in [2.24, 2.45) is 5.73 Å². The summed E-state index contributed by atoms with van der Waals surface area (Å²) in [6.07, 6.45) is 3.12. The highest BCUT2D eigenvalue weighted by Gasteiger charge is 2.34. The van der Waals surface area contributed by atoms with Crippen LogP contribution in [-0.4, -0.2) is 29.1 Å². The molecule has 1 aliphatic carbocycles. The molecule has 4 N–H and O–H groups in total. The van der Waals surface area contributed by atoms with Gasteiger partial charge in [0.2, 0.25) is 5.91 Å². The number of amides is 1. The molecule has 108 valence electrons. The normalized spacial score (nSPS) is 16.1. The number of rotatable bonds is 6. The Morgan fingerprint density at radius 3 is 2.75 bits per heavy atom. The van der Waals surface area contributed by atoms with E-state index >= 15 is 0 Å². The number of carbonyl (C=O) groups excluding carboxylic acids is 1. The molecule has 0 spiro atoms. The third kappa shape index (κ3) is 3.96. The highest BCUT2D eigenvalue weighted by molar-refractivity contribution is 5.91. The molecule has 1 saturated carbocycles. The summed E-state index contributed by atoms with van der Waals surface area (Å²) in [5, 5.41) is 11.3. The largest absolute Gasteiger partial charge is 0.482 e. The molecule has 0 atom stereocenters. The molecule has 0 radical (unpaired) electrons. The Morgan fingerprint density at radius 2 is 2.15 bits per heavy atom. The molecule has 1 aromatic rings. The van der Waals surface area contributed by atoms with Crippen LogP contribution in [0.1, 0.15) is 25.7 Å². The summed E-state index contributed by atoms with van der Waals surface area (Å²) in [4.78, 5) is 22.3. The highest BCUT2D eigenvalue weighted by Crippen LogP contribution is 2.32. The van der Waals surface area contributed by atoms with Crippen LogP contribution in [0.2, 0.25) is 0 Å². The van der Waals surface area contributed by atoms with Crippen LogP contribution < -0.4 is 15.8 Å². The average Bonchev–Trinajstić information content (AvgIpc) is 2.35. The lowest BCUT2D eigenvalue weighted by atomic mass is 9.75. The minimum absolute atomic E-state index is 0.136. The molecule has 0 bridgehead atoms. The van der Waals surface area contributed by atoms with E-state index in [9.17, 15) is 9.59 Å². The molecular formula is C14H18N2O4. The molecule has 0 unspecified atom stereocenters. The number of benzene rings is 1. The number of hydrogen-bond acceptors (Lipinski definition) is 4. The van der Waals surface area contributed by atoms with Crippen LogP contribution in [0.4, 0.5) is 5.69 Å². The van der Waals surface area contributed by atoms with E-state index in [1.165, 1.54) is 0 Å². The molecule has 0 aromatic heterocycles. The van der Waals surface area contributed by atoms with Crippen LogP contribution in [0.25, 0.3) is 0 Å². The van der Waals surface area contributed by atoms with Gasteiger partial charge in [0, 0.05) is 23.7 Å². The number of nitrogens with two attached hydrogens (primary N) is 1. The number of ether oxygens (including phenoxy) is 1. The van der Waals surface area contributed by atoms with E-state index in [0.717, 1.165) is 19.3 Å². The number of carboxylic acid groups (broad SMARTS) is 1. The Bertz CT molecular complexity index is 512. The number of nitrogens with one attached hydrogen (secondary N) is 1. The summed E-state index contributed by atoms with van der Waals surface area (Å²) in [5.74, 6) is -0.784. The van der Waals surface area contributed by atoms with Crippen LogP contribution in [0.5, 0.6) is 5.75 Å². The Labute approximate surface area is 116 Å². The Hall–Kier alpha value is -2.08. The van der Waals surface area contributed by atoms with E-state index in [2.05, 4.69) is 5.32 Å². The van der Waals surface area contributed by atoms with Gasteiger partial charge in [-0.25, -0.2) is 4.79 Å². The van der Waals surface area contributed by atoms with Gasteiger partial charge >= 0.3 is 5.97 Å². The minimum atomic E-state index is -1.05. The second kappa shape index (κ2) is 5.92. The second-order valence-corrected chi connectivity index (χ2v) is 5.15. The van der Waals surface area contributed by atoms with Gasteiger partial charge in [0.05, 0.1) is 0 Å². The summed E-state index contributed by atoms with van der Waals surface area (Å²) < 4.78 is 5.05. The van der Waals surface area contributed by atoms with Gasteiger partial charge in [0.15, 0.2) is 6.61 Å². The summed E-state index contributed by atoms with van der Waals surface area (Å²) >= 11 is 0. The van der Waals surface area contributed by atoms with Gasteiger partial charge in [-0.15, -0.1) is 0 Å². The van der Waals surface area contributed by atoms with Crippen molar-refractivity contribution in [3.05, 3.63) is 24.3 Å². The van der Waals surface area contributed by atoms with Gasteiger partial charge in [-0.05, 0) is 31.4 Å². The first-order valence-electron chi connectivity index (χ1n) is 6.50. The highest BCUT2D eigenvalue weighted by atomic mass is 16.5. The third-order valence-electron chi connectivity index (χ3n) is 3.34. The maximum absolute atomic E-state index is 11.9. The van der Waals surface area contributed by atoms with Crippen molar-refractivity contribution >= 4 is 17.6 Å². The maximum Gasteiger partial charge on any atom is 0.341 e. The monoisotopic (exact) mass is 278 g/mol. The fourth-order valence-electron chi connectivity index (χ4n) is 2.14. The van der Waals surface area contributed by atoms with Gasteiger partial charge in [-0.3, -0.25) is 4.79 Å². The van der Waals surface area contributed by atoms with E-state index in [-0.39, 0.29) is 11.4 Å². The molecule has 1 fully saturated rings. The number of hydrogen-bond donors (Lipinski definition) is 3. The molecule has 1 amide bonds. The first kappa shape index (κ1) is 14.3. The quantitative estimate of drug-likeness (QED) is 0.729. The van der Waals surface area contributed by atoms with Crippen molar-refractivity contribution in [2.45, 2.75) is 31.2 Å². The van der Waals surface area contributed by atoms with Gasteiger partial charge in [-0.1, -0.05) is 6.07 Å². The molecule has 6 nitrogen and oxygen atoms in total. The topological polar surface area (TPSA) is 102 Å². The van der Waals surface area contributed by atoms with Crippen molar-refractivity contribution in [3.8, 4) is 5.75 Å². The first-order chi connectivity index (χ1) is 9.47. The van der Waals surface area contributed by atoms with Crippen molar-refractivity contribution in [3.63, 3.8) is 0 Å². The molecule has 0 saturated heterocycles. The predicted molar refractivity (Wildman–Crippen MR) is 73.6 cm³/mol. The molecular weight excluding hydrogens is 260 g/mol. The number of aliphatic carboxylic acids is 1. The van der Waals surface area contributed by atoms with E-state index in [0.29, 0.717) is 17.9 Å². The first-order valence-corrected chi connectivity index (χ1v) is 6.50. The molecule has 1 aromatic carbocycles. The Kier molecular flexibility index (Phi) is 4.24. The smallest absolute Gasteiger partial charge is 0.341 e. The molecule has 0 heterocycles. The van der Waals surface area contributed by atoms with Crippen molar-refractivity contribution in [1.82, 2.24) is 0 Å². The summed E-state index contributed by atoms with van der Waals surface area (Å²) in [5.41, 5.74) is 6.23. The van der Waals surface area contributed by atoms with Crippen LogP contribution in [0, 0.1) is 0 Å². The van der Waals surface area contributed by atoms with Crippen LogP contribution >= 0.6 is 0 Å². The summed E-state index contributed by atoms with van der Waals surface area (Å²) in [6.45, 7) is -0.413. The predicted octanol–water partition coefficient (Wildman–Crippen LogP) is 1.36. The van der Waals surface area contributed by atoms with E-state index < -0.39 is 12.6 Å². The lowest BCUT2D eigenvalue weighted by Gasteiger charge is -2.37. The number of anilines is 1. The van der Waals surface area contributed by atoms with Crippen LogP contribution in [0.15, 0.2) is 24.3 Å². The summed E-state index contributed by atoms with van der Waals surface area (Å²) in [6, 6.07) is 6.63. The van der Waals surface area contributed by atoms with Crippen molar-refractivity contribution in [2.75, 3.05) is 11.9 Å². The van der Waals surface area contributed by atoms with Gasteiger partial charge in [-0.2, -0.15) is 0 Å². The Morgan fingerprint density at radius 1 is 1.40 bits per heavy atom. The molecule has 20 heavy (non-hydrogen) atoms. The maximum atomic E-state index is 11.9. The lowest BCUT2D eigenvalue weighted by molar-refractivity contribution is -0.139. The zero-order valence-electron chi connectivity index (χ0n) is 11.1. The SMILES string of the molecule is NC1(CC(=O)Nc2cccc(OCC(=O)O)c2)CCC1. The van der Waals surface area contributed by atoms with Gasteiger partial charge in [0.1, 0.15) is 5.75 Å². The van der Waals surface area contributed by atoms with E-state index in [1.54, 1.807) is 24.3 Å². The van der Waals surface area contributed by atoms with Crippen molar-refractivity contribution < 1.29 is 19.4 Å². The lowest BCUT2D eigenvalue weighted by Crippen LogP contribution is -2.48. The zero-order chi connectivity index (χ0) is 14.6. The van der Waals surface area contributed by atoms with Gasteiger partial charge < -0.3 is 20.9 Å². The molecule has 2 rings (SSSR count). The van der Waals surface area contributed by atoms with Crippen LogP contribution in [-0.2, 0) is 9.59 Å². The zero-order valence-corrected chi connectivity index (χ0v) is 11.1. The average molecular weight is 278 g/mol. The van der Waals surface area contributed by atoms with Crippen molar-refractivity contribution in [1.29, 1.82) is 0 Å². The molecule has 6 heteroatoms. The Balaban J connectivity index is 1.90. The second-order valence-electron chi connectivity index (χ2n) is 5.15. The third-order valence-corrected chi connectivity index (χ3v) is 3.34. The fourth-order valence-corrected chi connectivity index (χ4v) is 2.14. The fraction of sp³-hybridized carbons (Fsp3) is 0.429. The van der Waals surface area contributed by atoms with Gasteiger partial charge in [0.25, 0.3) is 0 Å². The molecule has 0 aliphatic heterocycles. The van der Waals surface area contributed by atoms with E-state index in [4.69, 9.17) is 15.6 Å². The minimum Gasteiger partial charge on any atom is -0.482 e. The van der Waals surface area contributed by atoms with Crippen LogP contribution in [0.3, 0.4) is 0 Å².